The lowest BCUT2D eigenvalue weighted by Gasteiger charge is -2.15. The molecule has 9 heteroatoms. The largest absolute Gasteiger partial charge is 0.323 e. The van der Waals surface area contributed by atoms with Crippen molar-refractivity contribution in [1.29, 1.82) is 0 Å². The first-order valence-corrected chi connectivity index (χ1v) is 11.2. The maximum absolute atomic E-state index is 11.9. The Morgan fingerprint density at radius 1 is 0.958 bits per heavy atom. The van der Waals surface area contributed by atoms with Crippen molar-refractivity contribution in [3.63, 3.8) is 0 Å². The summed E-state index contributed by atoms with van der Waals surface area (Å²) in [6.45, 7) is 5.57. The summed E-state index contributed by atoms with van der Waals surface area (Å²) in [5.41, 5.74) is 8.04. The van der Waals surface area contributed by atoms with E-state index in [0.29, 0.717) is 5.92 Å². The van der Waals surface area contributed by atoms with E-state index in [1.54, 1.807) is 0 Å². The molecule has 0 saturated heterocycles. The number of hydrogen-bond acceptors (Lipinski definition) is 5. The second kappa shape index (κ2) is 8.91. The van der Waals surface area contributed by atoms with Gasteiger partial charge in [0.15, 0.2) is 0 Å². The van der Waals surface area contributed by atoms with Crippen LogP contribution < -0.4 is 15.2 Å². The molecule has 0 heterocycles. The van der Waals surface area contributed by atoms with Crippen LogP contribution in [0.5, 0.6) is 0 Å². The molecule has 1 aromatic carbocycles. The van der Waals surface area contributed by atoms with Crippen LogP contribution in [0.4, 0.5) is 0 Å². The Labute approximate surface area is 145 Å². The van der Waals surface area contributed by atoms with Gasteiger partial charge in [-0.1, -0.05) is 38.1 Å². The molecule has 7 nitrogen and oxygen atoms in total. The van der Waals surface area contributed by atoms with Crippen molar-refractivity contribution >= 4 is 20.0 Å². The molecule has 0 aliphatic carbocycles. The van der Waals surface area contributed by atoms with E-state index in [0.717, 1.165) is 5.56 Å². The van der Waals surface area contributed by atoms with Crippen molar-refractivity contribution in [3.8, 4) is 0 Å². The van der Waals surface area contributed by atoms with E-state index in [-0.39, 0.29) is 24.6 Å². The molecule has 138 valence electrons. The summed E-state index contributed by atoms with van der Waals surface area (Å²) in [7, 11) is -6.99. The Balaban J connectivity index is 2.51. The fourth-order valence-corrected chi connectivity index (χ4v) is 3.66. The van der Waals surface area contributed by atoms with Gasteiger partial charge in [-0.3, -0.25) is 0 Å². The van der Waals surface area contributed by atoms with Crippen LogP contribution in [0.3, 0.4) is 0 Å². The van der Waals surface area contributed by atoms with Gasteiger partial charge in [0.2, 0.25) is 20.0 Å². The highest BCUT2D eigenvalue weighted by atomic mass is 32.2. The standard InChI is InChI=1S/C15H27N3O4S2/c1-4-23(19,20)17-9-10-24(21,22)18-11-15(16)14-7-5-13(6-8-14)12(2)3/h5-8,12,15,17-18H,4,9-11,16H2,1-3H3. The summed E-state index contributed by atoms with van der Waals surface area (Å²) in [5, 5.41) is 0. The molecule has 1 aromatic rings. The summed E-state index contributed by atoms with van der Waals surface area (Å²) in [4.78, 5) is 0. The van der Waals surface area contributed by atoms with Crippen LogP contribution in [0, 0.1) is 0 Å². The molecular weight excluding hydrogens is 350 g/mol. The van der Waals surface area contributed by atoms with Gasteiger partial charge in [-0.05, 0) is 24.0 Å². The summed E-state index contributed by atoms with van der Waals surface area (Å²) < 4.78 is 50.9. The Hall–Kier alpha value is -1.00. The first-order valence-electron chi connectivity index (χ1n) is 7.86. The highest BCUT2D eigenvalue weighted by Crippen LogP contribution is 2.17. The molecule has 0 aliphatic rings. The van der Waals surface area contributed by atoms with Gasteiger partial charge in [-0.2, -0.15) is 0 Å². The van der Waals surface area contributed by atoms with E-state index in [1.165, 1.54) is 12.5 Å². The second-order valence-corrected chi connectivity index (χ2v) is 9.91. The van der Waals surface area contributed by atoms with Crippen LogP contribution in [-0.4, -0.2) is 41.4 Å². The molecule has 0 amide bonds. The maximum atomic E-state index is 11.9. The molecule has 0 aromatic heterocycles. The minimum atomic E-state index is -3.59. The Kier molecular flexibility index (Phi) is 7.81. The molecule has 1 atom stereocenters. The number of rotatable bonds is 10. The van der Waals surface area contributed by atoms with Gasteiger partial charge in [-0.15, -0.1) is 0 Å². The Bertz CT molecular complexity index is 714. The van der Waals surface area contributed by atoms with Gasteiger partial charge >= 0.3 is 0 Å². The van der Waals surface area contributed by atoms with Gasteiger partial charge in [0.05, 0.1) is 11.5 Å². The zero-order valence-corrected chi connectivity index (χ0v) is 16.0. The zero-order valence-electron chi connectivity index (χ0n) is 14.3. The number of sulfonamides is 2. The van der Waals surface area contributed by atoms with Crippen molar-refractivity contribution < 1.29 is 16.8 Å². The van der Waals surface area contributed by atoms with E-state index in [9.17, 15) is 16.8 Å². The first kappa shape index (κ1) is 21.0. The van der Waals surface area contributed by atoms with E-state index in [1.807, 2.05) is 24.3 Å². The van der Waals surface area contributed by atoms with E-state index >= 15 is 0 Å². The van der Waals surface area contributed by atoms with Crippen LogP contribution in [0.2, 0.25) is 0 Å². The van der Waals surface area contributed by atoms with Crippen molar-refractivity contribution in [1.82, 2.24) is 9.44 Å². The van der Waals surface area contributed by atoms with Crippen molar-refractivity contribution in [2.24, 2.45) is 5.73 Å². The summed E-state index contributed by atoms with van der Waals surface area (Å²) in [6, 6.07) is 7.28. The fraction of sp³-hybridized carbons (Fsp3) is 0.600. The summed E-state index contributed by atoms with van der Waals surface area (Å²) >= 11 is 0. The number of nitrogens with one attached hydrogen (secondary N) is 2. The second-order valence-electron chi connectivity index (χ2n) is 5.89. The lowest BCUT2D eigenvalue weighted by Crippen LogP contribution is -2.37. The summed E-state index contributed by atoms with van der Waals surface area (Å²) in [5.74, 6) is 0.00356. The van der Waals surface area contributed by atoms with Crippen molar-refractivity contribution in [2.45, 2.75) is 32.7 Å². The Morgan fingerprint density at radius 3 is 2.00 bits per heavy atom. The molecule has 1 rings (SSSR count). The number of benzene rings is 1. The lowest BCUT2D eigenvalue weighted by atomic mass is 9.99. The third-order valence-corrected chi connectivity index (χ3v) is 6.38. The average molecular weight is 378 g/mol. The predicted molar refractivity (Wildman–Crippen MR) is 96.7 cm³/mol. The van der Waals surface area contributed by atoms with Gasteiger partial charge in [0.25, 0.3) is 0 Å². The smallest absolute Gasteiger partial charge is 0.212 e. The highest BCUT2D eigenvalue weighted by Gasteiger charge is 2.15. The maximum Gasteiger partial charge on any atom is 0.212 e. The van der Waals surface area contributed by atoms with Crippen LogP contribution >= 0.6 is 0 Å². The highest BCUT2D eigenvalue weighted by molar-refractivity contribution is 7.90. The van der Waals surface area contributed by atoms with Crippen molar-refractivity contribution in [2.75, 3.05) is 24.6 Å². The van der Waals surface area contributed by atoms with Gasteiger partial charge < -0.3 is 5.73 Å². The predicted octanol–water partition coefficient (Wildman–Crippen LogP) is 0.669. The average Bonchev–Trinajstić information content (AvgIpc) is 2.52. The van der Waals surface area contributed by atoms with E-state index in [4.69, 9.17) is 5.73 Å². The monoisotopic (exact) mass is 377 g/mol. The quantitative estimate of drug-likeness (QED) is 0.554. The molecule has 0 fully saturated rings. The van der Waals surface area contributed by atoms with Gasteiger partial charge in [0, 0.05) is 19.1 Å². The van der Waals surface area contributed by atoms with E-state index < -0.39 is 26.1 Å². The van der Waals surface area contributed by atoms with Crippen LogP contribution in [0.25, 0.3) is 0 Å². The van der Waals surface area contributed by atoms with Crippen molar-refractivity contribution in [3.05, 3.63) is 35.4 Å². The molecule has 0 spiro atoms. The molecule has 24 heavy (non-hydrogen) atoms. The normalized spacial score (nSPS) is 14.0. The molecule has 4 N–H and O–H groups in total. The fourth-order valence-electron chi connectivity index (χ4n) is 1.97. The molecule has 1 unspecified atom stereocenters. The first-order chi connectivity index (χ1) is 11.1. The van der Waals surface area contributed by atoms with Crippen LogP contribution in [-0.2, 0) is 20.0 Å². The number of hydrogen-bond donors (Lipinski definition) is 3. The topological polar surface area (TPSA) is 118 Å². The molecule has 0 saturated carbocycles. The lowest BCUT2D eigenvalue weighted by molar-refractivity contribution is 0.568. The number of nitrogens with two attached hydrogens (primary N) is 1. The molecular formula is C15H27N3O4S2. The SMILES string of the molecule is CCS(=O)(=O)NCCS(=O)(=O)NCC(N)c1ccc(C(C)C)cc1. The van der Waals surface area contributed by atoms with Crippen LogP contribution in [0.1, 0.15) is 43.9 Å². The van der Waals surface area contributed by atoms with Crippen LogP contribution in [0.15, 0.2) is 24.3 Å². The minimum Gasteiger partial charge on any atom is -0.323 e. The minimum absolute atomic E-state index is 0.0594. The zero-order chi connectivity index (χ0) is 18.4. The molecule has 0 radical (unpaired) electrons. The summed E-state index contributed by atoms with van der Waals surface area (Å²) in [6.07, 6.45) is 0. The van der Waals surface area contributed by atoms with E-state index in [2.05, 4.69) is 23.3 Å². The van der Waals surface area contributed by atoms with Gasteiger partial charge in [-0.25, -0.2) is 26.3 Å². The third kappa shape index (κ3) is 7.27. The molecule has 0 aliphatic heterocycles. The van der Waals surface area contributed by atoms with Gasteiger partial charge in [0.1, 0.15) is 0 Å². The molecule has 0 bridgehead atoms. The Morgan fingerprint density at radius 2 is 1.50 bits per heavy atom. The third-order valence-electron chi connectivity index (χ3n) is 3.63.